The summed E-state index contributed by atoms with van der Waals surface area (Å²) in [5, 5.41) is 21.7. The lowest BCUT2D eigenvalue weighted by Gasteiger charge is -2.10. The Hall–Kier alpha value is -3.69. The van der Waals surface area contributed by atoms with Crippen LogP contribution >= 0.6 is 0 Å². The molecule has 0 bridgehead atoms. The molecule has 0 atom stereocenters. The topological polar surface area (TPSA) is 131 Å². The number of carbonyl (C=O) groups excluding carboxylic acids is 1. The third kappa shape index (κ3) is 4.66. The molecular weight excluding hydrogens is 348 g/mol. The first-order valence-electron chi connectivity index (χ1n) is 7.25. The summed E-state index contributed by atoms with van der Waals surface area (Å²) < 4.78 is 15.2. The van der Waals surface area contributed by atoms with Crippen molar-refractivity contribution >= 4 is 17.3 Å². The van der Waals surface area contributed by atoms with Gasteiger partial charge >= 0.3 is 11.7 Å². The number of nitrogens with zero attached hydrogens (tertiary/aromatic N) is 2. The van der Waals surface area contributed by atoms with Crippen LogP contribution in [0, 0.1) is 20.2 Å². The van der Waals surface area contributed by atoms with Gasteiger partial charge in [-0.05, 0) is 12.1 Å². The molecule has 0 radical (unpaired) electrons. The fourth-order valence-corrected chi connectivity index (χ4v) is 2.06. The second-order valence-corrected chi connectivity index (χ2v) is 4.93. The number of nitro groups is 2. The number of ether oxygens (including phenoxy) is 3. The lowest BCUT2D eigenvalue weighted by Crippen LogP contribution is -2.15. The molecular formula is C16H14N2O8. The van der Waals surface area contributed by atoms with Crippen LogP contribution in [0.4, 0.5) is 11.4 Å². The van der Waals surface area contributed by atoms with Gasteiger partial charge in [-0.15, -0.1) is 0 Å². The van der Waals surface area contributed by atoms with Crippen LogP contribution in [0.15, 0.2) is 42.5 Å². The number of carbonyl (C=O) groups is 1. The minimum atomic E-state index is -0.795. The fourth-order valence-electron chi connectivity index (χ4n) is 2.06. The van der Waals surface area contributed by atoms with Crippen LogP contribution in [0.2, 0.25) is 0 Å². The molecule has 0 amide bonds. The third-order valence-electron chi connectivity index (χ3n) is 3.27. The van der Waals surface area contributed by atoms with Crippen LogP contribution in [-0.4, -0.2) is 29.5 Å². The van der Waals surface area contributed by atoms with Gasteiger partial charge in [-0.1, -0.05) is 12.1 Å². The van der Waals surface area contributed by atoms with Gasteiger partial charge in [-0.25, -0.2) is 4.79 Å². The number of hydrogen-bond donors (Lipinski definition) is 0. The molecule has 0 aromatic heterocycles. The van der Waals surface area contributed by atoms with E-state index in [1.807, 2.05) is 0 Å². The van der Waals surface area contributed by atoms with E-state index < -0.39 is 22.4 Å². The quantitative estimate of drug-likeness (QED) is 0.398. The van der Waals surface area contributed by atoms with Gasteiger partial charge < -0.3 is 14.2 Å². The van der Waals surface area contributed by atoms with Crippen LogP contribution in [0.3, 0.4) is 0 Å². The number of benzene rings is 2. The summed E-state index contributed by atoms with van der Waals surface area (Å²) in [5.41, 5.74) is -0.144. The van der Waals surface area contributed by atoms with E-state index in [1.54, 1.807) is 0 Å². The molecule has 2 aromatic rings. The maximum Gasteiger partial charge on any atom is 0.344 e. The van der Waals surface area contributed by atoms with Gasteiger partial charge in [-0.2, -0.15) is 0 Å². The van der Waals surface area contributed by atoms with Gasteiger partial charge in [0.25, 0.3) is 5.69 Å². The van der Waals surface area contributed by atoms with E-state index in [9.17, 15) is 25.0 Å². The zero-order chi connectivity index (χ0) is 19.1. The van der Waals surface area contributed by atoms with Gasteiger partial charge in [0.2, 0.25) is 0 Å². The Morgan fingerprint density at radius 1 is 1.04 bits per heavy atom. The summed E-state index contributed by atoms with van der Waals surface area (Å²) in [6.45, 7) is -0.827. The number of esters is 1. The van der Waals surface area contributed by atoms with Crippen molar-refractivity contribution in [3.8, 4) is 11.5 Å². The first-order valence-corrected chi connectivity index (χ1v) is 7.25. The number of hydrogen-bond acceptors (Lipinski definition) is 8. The first-order chi connectivity index (χ1) is 12.4. The van der Waals surface area contributed by atoms with Gasteiger partial charge in [0.15, 0.2) is 12.4 Å². The molecule has 136 valence electrons. The number of para-hydroxylation sites is 2. The van der Waals surface area contributed by atoms with E-state index in [-0.39, 0.29) is 23.7 Å². The SMILES string of the molecule is COc1ccc([N+](=O)[O-])cc1COC(=O)COc1ccccc1[N+](=O)[O-]. The Kier molecular flexibility index (Phi) is 6.04. The summed E-state index contributed by atoms with van der Waals surface area (Å²) in [5.74, 6) is -0.540. The van der Waals surface area contributed by atoms with Gasteiger partial charge in [0.1, 0.15) is 12.4 Å². The lowest BCUT2D eigenvalue weighted by atomic mass is 10.2. The number of rotatable bonds is 8. The molecule has 0 fully saturated rings. The van der Waals surface area contributed by atoms with Crippen molar-refractivity contribution in [3.63, 3.8) is 0 Å². The standard InChI is InChI=1S/C16H14N2O8/c1-24-14-7-6-12(17(20)21)8-11(14)9-26-16(19)10-25-15-5-3-2-4-13(15)18(22)23/h2-8H,9-10H2,1H3. The van der Waals surface area contributed by atoms with E-state index in [2.05, 4.69) is 0 Å². The maximum absolute atomic E-state index is 11.8. The summed E-state index contributed by atoms with van der Waals surface area (Å²) >= 11 is 0. The third-order valence-corrected chi connectivity index (χ3v) is 3.27. The number of nitro benzene ring substituents is 2. The summed E-state index contributed by atoms with van der Waals surface area (Å²) in [7, 11) is 1.38. The van der Waals surface area contributed by atoms with E-state index in [0.717, 1.165) is 0 Å². The molecule has 10 heteroatoms. The predicted octanol–water partition coefficient (Wildman–Crippen LogP) is 2.63. The smallest absolute Gasteiger partial charge is 0.344 e. The van der Waals surface area contributed by atoms with Crippen molar-refractivity contribution in [1.82, 2.24) is 0 Å². The first kappa shape index (κ1) is 18.6. The van der Waals surface area contributed by atoms with E-state index in [0.29, 0.717) is 11.3 Å². The molecule has 0 saturated heterocycles. The monoisotopic (exact) mass is 362 g/mol. The van der Waals surface area contributed by atoms with Crippen molar-refractivity contribution in [2.75, 3.05) is 13.7 Å². The van der Waals surface area contributed by atoms with E-state index in [4.69, 9.17) is 14.2 Å². The Morgan fingerprint density at radius 3 is 2.42 bits per heavy atom. The summed E-state index contributed by atoms with van der Waals surface area (Å²) in [6.07, 6.45) is 0. The molecule has 0 aliphatic carbocycles. The average molecular weight is 362 g/mol. The van der Waals surface area contributed by atoms with Crippen LogP contribution in [-0.2, 0) is 16.1 Å². The molecule has 10 nitrogen and oxygen atoms in total. The molecule has 0 aliphatic rings. The Morgan fingerprint density at radius 2 is 1.77 bits per heavy atom. The highest BCUT2D eigenvalue weighted by Crippen LogP contribution is 2.26. The Bertz CT molecular complexity index is 837. The average Bonchev–Trinajstić information content (AvgIpc) is 2.64. The minimum absolute atomic E-state index is 0.0672. The summed E-state index contributed by atoms with van der Waals surface area (Å²) in [4.78, 5) is 32.3. The van der Waals surface area contributed by atoms with Crippen LogP contribution in [0.1, 0.15) is 5.56 Å². The highest BCUT2D eigenvalue weighted by molar-refractivity contribution is 5.71. The molecule has 2 rings (SSSR count). The largest absolute Gasteiger partial charge is 0.496 e. The number of methoxy groups -OCH3 is 1. The predicted molar refractivity (Wildman–Crippen MR) is 88.0 cm³/mol. The molecule has 0 saturated carbocycles. The van der Waals surface area contributed by atoms with Crippen molar-refractivity contribution < 1.29 is 28.9 Å². The highest BCUT2D eigenvalue weighted by atomic mass is 16.6. The molecule has 26 heavy (non-hydrogen) atoms. The molecule has 0 spiro atoms. The van der Waals surface area contributed by atoms with Crippen LogP contribution in [0.5, 0.6) is 11.5 Å². The highest BCUT2D eigenvalue weighted by Gasteiger charge is 2.17. The van der Waals surface area contributed by atoms with Crippen molar-refractivity contribution in [2.45, 2.75) is 6.61 Å². The van der Waals surface area contributed by atoms with E-state index in [1.165, 1.54) is 49.6 Å². The second kappa shape index (κ2) is 8.42. The minimum Gasteiger partial charge on any atom is -0.496 e. The normalized spacial score (nSPS) is 10.0. The van der Waals surface area contributed by atoms with Gasteiger partial charge in [-0.3, -0.25) is 20.2 Å². The molecule has 0 heterocycles. The molecule has 0 N–H and O–H groups in total. The van der Waals surface area contributed by atoms with Gasteiger partial charge in [0.05, 0.1) is 17.0 Å². The van der Waals surface area contributed by atoms with Gasteiger partial charge in [0, 0.05) is 23.8 Å². The lowest BCUT2D eigenvalue weighted by molar-refractivity contribution is -0.385. The Labute approximate surface area is 147 Å². The second-order valence-electron chi connectivity index (χ2n) is 4.93. The zero-order valence-electron chi connectivity index (χ0n) is 13.6. The molecule has 0 aliphatic heterocycles. The van der Waals surface area contributed by atoms with E-state index >= 15 is 0 Å². The maximum atomic E-state index is 11.8. The molecule has 2 aromatic carbocycles. The zero-order valence-corrected chi connectivity index (χ0v) is 13.6. The Balaban J connectivity index is 1.98. The molecule has 0 unspecified atom stereocenters. The van der Waals surface area contributed by atoms with Crippen LogP contribution in [0.25, 0.3) is 0 Å². The summed E-state index contributed by atoms with van der Waals surface area (Å²) in [6, 6.07) is 9.49. The van der Waals surface area contributed by atoms with Crippen molar-refractivity contribution in [2.24, 2.45) is 0 Å². The number of non-ortho nitro benzene ring substituents is 1. The van der Waals surface area contributed by atoms with Crippen molar-refractivity contribution in [1.29, 1.82) is 0 Å². The van der Waals surface area contributed by atoms with Crippen LogP contribution < -0.4 is 9.47 Å². The fraction of sp³-hybridized carbons (Fsp3) is 0.188. The van der Waals surface area contributed by atoms with Crippen molar-refractivity contribution in [3.05, 3.63) is 68.3 Å².